The zero-order chi connectivity index (χ0) is 16.0. The van der Waals surface area contributed by atoms with E-state index in [1.54, 1.807) is 0 Å². The van der Waals surface area contributed by atoms with E-state index in [1.807, 2.05) is 6.92 Å². The first-order valence-corrected chi connectivity index (χ1v) is 8.57. The van der Waals surface area contributed by atoms with E-state index in [0.717, 1.165) is 27.8 Å². The van der Waals surface area contributed by atoms with Crippen molar-refractivity contribution in [2.75, 3.05) is 0 Å². The van der Waals surface area contributed by atoms with E-state index in [-0.39, 0.29) is 16.3 Å². The molecule has 2 aromatic rings. The van der Waals surface area contributed by atoms with Crippen LogP contribution in [0.4, 0.5) is 0 Å². The Morgan fingerprint density at radius 3 is 2.38 bits per heavy atom. The highest BCUT2D eigenvalue weighted by Gasteiger charge is 2.31. The van der Waals surface area contributed by atoms with Crippen LogP contribution in [0.3, 0.4) is 0 Å². The molecule has 0 saturated heterocycles. The maximum Gasteiger partial charge on any atom is 0.128 e. The van der Waals surface area contributed by atoms with Crippen LogP contribution in [0, 0.1) is 5.41 Å². The molecule has 1 unspecified atom stereocenters. The molecular weight excluding hydrogens is 348 g/mol. The third kappa shape index (κ3) is 3.62. The molecule has 0 N–H and O–H groups in total. The zero-order valence-corrected chi connectivity index (χ0v) is 16.0. The van der Waals surface area contributed by atoms with Crippen LogP contribution < -0.4 is 0 Å². The SMILES string of the molecule is CC(Cl)c1nc2cc(Br)ccc2n1C(C)(C)CC(C)(C)C. The standard InChI is InChI=1S/C17H24BrClN2/c1-11(19)15-20-13-9-12(18)7-8-14(13)21(15)17(5,6)10-16(2,3)4/h7-9,11H,10H2,1-6H3. The fourth-order valence-electron chi connectivity index (χ4n) is 3.35. The van der Waals surface area contributed by atoms with Crippen molar-refractivity contribution in [1.82, 2.24) is 9.55 Å². The molecule has 21 heavy (non-hydrogen) atoms. The molecule has 0 aliphatic carbocycles. The summed E-state index contributed by atoms with van der Waals surface area (Å²) in [4.78, 5) is 4.77. The fraction of sp³-hybridized carbons (Fsp3) is 0.588. The predicted molar refractivity (Wildman–Crippen MR) is 95.1 cm³/mol. The third-order valence-electron chi connectivity index (χ3n) is 3.57. The van der Waals surface area contributed by atoms with Crippen molar-refractivity contribution in [2.45, 2.75) is 58.9 Å². The molecule has 116 valence electrons. The molecule has 0 bridgehead atoms. The molecule has 0 spiro atoms. The smallest absolute Gasteiger partial charge is 0.128 e. The monoisotopic (exact) mass is 370 g/mol. The van der Waals surface area contributed by atoms with Crippen LogP contribution in [0.25, 0.3) is 11.0 Å². The first-order chi connectivity index (χ1) is 9.51. The van der Waals surface area contributed by atoms with Crippen molar-refractivity contribution < 1.29 is 0 Å². The Bertz CT molecular complexity index is 651. The van der Waals surface area contributed by atoms with Crippen LogP contribution in [-0.2, 0) is 5.54 Å². The number of fused-ring (bicyclic) bond motifs is 1. The summed E-state index contributed by atoms with van der Waals surface area (Å²) in [5.74, 6) is 0.944. The second kappa shape index (κ2) is 5.58. The van der Waals surface area contributed by atoms with Gasteiger partial charge in [0, 0.05) is 10.0 Å². The van der Waals surface area contributed by atoms with Gasteiger partial charge in [-0.3, -0.25) is 0 Å². The van der Waals surface area contributed by atoms with Crippen LogP contribution >= 0.6 is 27.5 Å². The number of halogens is 2. The van der Waals surface area contributed by atoms with Crippen molar-refractivity contribution >= 4 is 38.6 Å². The summed E-state index contributed by atoms with van der Waals surface area (Å²) in [7, 11) is 0. The van der Waals surface area contributed by atoms with Gasteiger partial charge in [-0.05, 0) is 50.8 Å². The van der Waals surface area contributed by atoms with Gasteiger partial charge in [-0.25, -0.2) is 4.98 Å². The highest BCUT2D eigenvalue weighted by atomic mass is 79.9. The van der Waals surface area contributed by atoms with Crippen LogP contribution in [0.1, 0.15) is 59.2 Å². The lowest BCUT2D eigenvalue weighted by Crippen LogP contribution is -2.33. The summed E-state index contributed by atoms with van der Waals surface area (Å²) in [6, 6.07) is 6.25. The highest BCUT2D eigenvalue weighted by molar-refractivity contribution is 9.10. The highest BCUT2D eigenvalue weighted by Crippen LogP contribution is 2.38. The van der Waals surface area contributed by atoms with E-state index in [0.29, 0.717) is 0 Å². The van der Waals surface area contributed by atoms with Gasteiger partial charge in [0.2, 0.25) is 0 Å². The lowest BCUT2D eigenvalue weighted by molar-refractivity contribution is 0.215. The van der Waals surface area contributed by atoms with E-state index < -0.39 is 0 Å². The Labute approximate surface area is 141 Å². The lowest BCUT2D eigenvalue weighted by Gasteiger charge is -2.36. The van der Waals surface area contributed by atoms with Gasteiger partial charge >= 0.3 is 0 Å². The Morgan fingerprint density at radius 2 is 1.86 bits per heavy atom. The predicted octanol–water partition coefficient (Wildman–Crippen LogP) is 6.27. The van der Waals surface area contributed by atoms with Gasteiger partial charge in [0.15, 0.2) is 0 Å². The molecule has 1 atom stereocenters. The van der Waals surface area contributed by atoms with Crippen molar-refractivity contribution in [3.63, 3.8) is 0 Å². The molecule has 0 amide bonds. The number of rotatable bonds is 3. The summed E-state index contributed by atoms with van der Waals surface area (Å²) in [6.07, 6.45) is 1.05. The molecule has 1 heterocycles. The fourth-order valence-corrected chi connectivity index (χ4v) is 3.85. The molecule has 2 nitrogen and oxygen atoms in total. The van der Waals surface area contributed by atoms with Crippen molar-refractivity contribution in [3.05, 3.63) is 28.5 Å². The lowest BCUT2D eigenvalue weighted by atomic mass is 9.81. The molecule has 0 aliphatic rings. The summed E-state index contributed by atoms with van der Waals surface area (Å²) >= 11 is 9.92. The summed E-state index contributed by atoms with van der Waals surface area (Å²) in [6.45, 7) is 13.3. The second-order valence-electron chi connectivity index (χ2n) is 7.60. The number of benzene rings is 1. The van der Waals surface area contributed by atoms with Gasteiger partial charge in [0.05, 0.1) is 16.4 Å². The van der Waals surface area contributed by atoms with Crippen LogP contribution in [0.2, 0.25) is 0 Å². The van der Waals surface area contributed by atoms with Gasteiger partial charge in [-0.15, -0.1) is 11.6 Å². The Morgan fingerprint density at radius 1 is 1.24 bits per heavy atom. The van der Waals surface area contributed by atoms with E-state index in [4.69, 9.17) is 16.6 Å². The van der Waals surface area contributed by atoms with E-state index in [1.165, 1.54) is 0 Å². The van der Waals surface area contributed by atoms with Gasteiger partial charge in [-0.2, -0.15) is 0 Å². The summed E-state index contributed by atoms with van der Waals surface area (Å²) in [5, 5.41) is -0.115. The van der Waals surface area contributed by atoms with Gasteiger partial charge in [-0.1, -0.05) is 36.7 Å². The molecular formula is C17H24BrClN2. The maximum atomic E-state index is 6.40. The number of hydrogen-bond donors (Lipinski definition) is 0. The van der Waals surface area contributed by atoms with Gasteiger partial charge in [0.1, 0.15) is 5.82 Å². The molecule has 1 aromatic heterocycles. The molecule has 0 fully saturated rings. The zero-order valence-electron chi connectivity index (χ0n) is 13.7. The largest absolute Gasteiger partial charge is 0.321 e. The minimum atomic E-state index is -0.115. The number of aromatic nitrogens is 2. The van der Waals surface area contributed by atoms with Crippen molar-refractivity contribution in [2.24, 2.45) is 5.41 Å². The first-order valence-electron chi connectivity index (χ1n) is 7.34. The maximum absolute atomic E-state index is 6.40. The Kier molecular flexibility index (Phi) is 4.47. The van der Waals surface area contributed by atoms with Crippen LogP contribution in [0.5, 0.6) is 0 Å². The number of imidazole rings is 1. The average Bonchev–Trinajstić information content (AvgIpc) is 2.64. The Hall–Kier alpha value is -0.540. The van der Waals surface area contributed by atoms with Crippen molar-refractivity contribution in [3.8, 4) is 0 Å². The normalized spacial score (nSPS) is 14.7. The average molecular weight is 372 g/mol. The van der Waals surface area contributed by atoms with Crippen molar-refractivity contribution in [1.29, 1.82) is 0 Å². The summed E-state index contributed by atoms with van der Waals surface area (Å²) in [5.41, 5.74) is 2.34. The van der Waals surface area contributed by atoms with Gasteiger partial charge in [0.25, 0.3) is 0 Å². The van der Waals surface area contributed by atoms with E-state index >= 15 is 0 Å². The number of hydrogen-bond acceptors (Lipinski definition) is 1. The van der Waals surface area contributed by atoms with Crippen LogP contribution in [0.15, 0.2) is 22.7 Å². The molecule has 0 aliphatic heterocycles. The Balaban J connectivity index is 2.68. The first kappa shape index (κ1) is 16.8. The van der Waals surface area contributed by atoms with E-state index in [9.17, 15) is 0 Å². The molecule has 0 radical (unpaired) electrons. The molecule has 1 aromatic carbocycles. The molecule has 4 heteroatoms. The van der Waals surface area contributed by atoms with E-state index in [2.05, 4.69) is 73.3 Å². The minimum absolute atomic E-state index is 0.0423. The third-order valence-corrected chi connectivity index (χ3v) is 4.25. The number of nitrogens with zero attached hydrogens (tertiary/aromatic N) is 2. The summed E-state index contributed by atoms with van der Waals surface area (Å²) < 4.78 is 3.36. The second-order valence-corrected chi connectivity index (χ2v) is 9.17. The topological polar surface area (TPSA) is 17.8 Å². The van der Waals surface area contributed by atoms with Gasteiger partial charge < -0.3 is 4.57 Å². The quantitative estimate of drug-likeness (QED) is 0.581. The minimum Gasteiger partial charge on any atom is -0.321 e. The number of alkyl halides is 1. The molecule has 2 rings (SSSR count). The van der Waals surface area contributed by atoms with Crippen LogP contribution in [-0.4, -0.2) is 9.55 Å². The molecule has 0 saturated carbocycles.